The molecule has 3 rings (SSSR count). The number of hydrogen-bond donors (Lipinski definition) is 0. The molecule has 0 N–H and O–H groups in total. The number of aromatic nitrogens is 1. The van der Waals surface area contributed by atoms with Crippen LogP contribution in [0.5, 0.6) is 0 Å². The van der Waals surface area contributed by atoms with Gasteiger partial charge in [0.25, 0.3) is 15.9 Å². The second-order valence-corrected chi connectivity index (χ2v) is 7.50. The van der Waals surface area contributed by atoms with Gasteiger partial charge < -0.3 is 0 Å². The number of carbonyl (C=O) groups excluding carboxylic acids is 1. The van der Waals surface area contributed by atoms with Crippen LogP contribution in [0, 0.1) is 6.92 Å². The Labute approximate surface area is 146 Å². The fraction of sp³-hybridized carbons (Fsp3) is 0.167. The maximum Gasteiger partial charge on any atom is 0.277 e. The molecule has 1 amide bonds. The highest BCUT2D eigenvalue weighted by Crippen LogP contribution is 2.24. The molecule has 6 nitrogen and oxygen atoms in total. The van der Waals surface area contributed by atoms with Crippen LogP contribution in [0.3, 0.4) is 0 Å². The summed E-state index contributed by atoms with van der Waals surface area (Å²) in [5.41, 5.74) is 1.76. The van der Waals surface area contributed by atoms with E-state index in [0.717, 1.165) is 16.0 Å². The molecular weight excluding hydrogens is 340 g/mol. The molecule has 0 radical (unpaired) electrons. The Morgan fingerprint density at radius 1 is 1.08 bits per heavy atom. The Morgan fingerprint density at radius 3 is 2.40 bits per heavy atom. The molecule has 25 heavy (non-hydrogen) atoms. The van der Waals surface area contributed by atoms with E-state index in [2.05, 4.69) is 0 Å². The molecule has 0 saturated heterocycles. The van der Waals surface area contributed by atoms with E-state index < -0.39 is 10.0 Å². The Hall–Kier alpha value is -2.64. The molecular formula is C18H18N2O4S. The van der Waals surface area contributed by atoms with Crippen molar-refractivity contribution in [2.75, 3.05) is 14.2 Å². The van der Waals surface area contributed by atoms with Crippen molar-refractivity contribution in [2.45, 2.75) is 11.8 Å². The largest absolute Gasteiger partial charge is 0.277 e. The highest BCUT2D eigenvalue weighted by molar-refractivity contribution is 7.90. The number of hydrogen-bond acceptors (Lipinski definition) is 4. The van der Waals surface area contributed by atoms with E-state index in [1.54, 1.807) is 48.5 Å². The van der Waals surface area contributed by atoms with E-state index in [1.165, 1.54) is 24.3 Å². The lowest BCUT2D eigenvalue weighted by Crippen LogP contribution is -2.25. The lowest BCUT2D eigenvalue weighted by atomic mass is 10.1. The van der Waals surface area contributed by atoms with Gasteiger partial charge in [0, 0.05) is 24.2 Å². The highest BCUT2D eigenvalue weighted by Gasteiger charge is 2.20. The lowest BCUT2D eigenvalue weighted by Gasteiger charge is -2.14. The zero-order chi connectivity index (χ0) is 18.2. The monoisotopic (exact) mass is 358 g/mol. The smallest absolute Gasteiger partial charge is 0.274 e. The number of nitrogens with zero attached hydrogens (tertiary/aromatic N) is 2. The van der Waals surface area contributed by atoms with Crippen molar-refractivity contribution in [3.63, 3.8) is 0 Å². The van der Waals surface area contributed by atoms with Gasteiger partial charge in [-0.15, -0.1) is 0 Å². The summed E-state index contributed by atoms with van der Waals surface area (Å²) in [4.78, 5) is 17.3. The summed E-state index contributed by atoms with van der Waals surface area (Å²) in [6, 6.07) is 13.3. The van der Waals surface area contributed by atoms with Crippen LogP contribution in [-0.4, -0.2) is 37.5 Å². The average molecular weight is 358 g/mol. The van der Waals surface area contributed by atoms with Gasteiger partial charge in [-0.2, -0.15) is 0 Å². The summed E-state index contributed by atoms with van der Waals surface area (Å²) >= 11 is 0. The van der Waals surface area contributed by atoms with Gasteiger partial charge in [0.05, 0.1) is 17.5 Å². The molecule has 0 unspecified atom stereocenters. The summed E-state index contributed by atoms with van der Waals surface area (Å²) < 4.78 is 27.1. The van der Waals surface area contributed by atoms with E-state index in [4.69, 9.17) is 4.84 Å². The molecule has 1 aromatic heterocycles. The van der Waals surface area contributed by atoms with Crippen LogP contribution in [0.15, 0.2) is 59.6 Å². The van der Waals surface area contributed by atoms with Crippen molar-refractivity contribution >= 4 is 26.8 Å². The van der Waals surface area contributed by atoms with E-state index in [0.29, 0.717) is 11.1 Å². The van der Waals surface area contributed by atoms with Crippen molar-refractivity contribution in [3.8, 4) is 0 Å². The Morgan fingerprint density at radius 2 is 1.76 bits per heavy atom. The molecule has 0 aliphatic rings. The highest BCUT2D eigenvalue weighted by atomic mass is 32.2. The molecule has 3 aromatic rings. The standard InChI is InChI=1S/C18H18N2O4S/c1-13-4-8-16(9-5-13)25(22,23)20-11-10-14-6-7-15(12-17(14)20)18(21)19(2)24-3/h4-12H,1-3H3. The minimum Gasteiger partial charge on any atom is -0.274 e. The molecule has 2 aromatic carbocycles. The molecule has 0 saturated carbocycles. The van der Waals surface area contributed by atoms with Gasteiger partial charge in [-0.1, -0.05) is 23.8 Å². The molecule has 0 atom stereocenters. The van der Waals surface area contributed by atoms with Gasteiger partial charge in [-0.3, -0.25) is 9.63 Å². The Balaban J connectivity index is 2.13. The molecule has 7 heteroatoms. The topological polar surface area (TPSA) is 68.6 Å². The second kappa shape index (κ2) is 6.34. The molecule has 1 heterocycles. The maximum absolute atomic E-state index is 12.9. The van der Waals surface area contributed by atoms with E-state index >= 15 is 0 Å². The summed E-state index contributed by atoms with van der Waals surface area (Å²) in [5, 5.41) is 1.82. The summed E-state index contributed by atoms with van der Waals surface area (Å²) in [5.74, 6) is -0.357. The fourth-order valence-corrected chi connectivity index (χ4v) is 3.88. The summed E-state index contributed by atoms with van der Waals surface area (Å²) in [6.07, 6.45) is 1.49. The first-order chi connectivity index (χ1) is 11.8. The van der Waals surface area contributed by atoms with Gasteiger partial charge in [0.1, 0.15) is 0 Å². The molecule has 0 bridgehead atoms. The molecule has 0 fully saturated rings. The Bertz CT molecular complexity index is 1040. The molecule has 130 valence electrons. The number of rotatable bonds is 4. The zero-order valence-electron chi connectivity index (χ0n) is 14.1. The number of hydroxylamine groups is 2. The van der Waals surface area contributed by atoms with Crippen LogP contribution < -0.4 is 0 Å². The Kier molecular flexibility index (Phi) is 4.36. The van der Waals surface area contributed by atoms with Crippen molar-refractivity contribution in [1.29, 1.82) is 0 Å². The molecule has 0 aliphatic carbocycles. The van der Waals surface area contributed by atoms with Gasteiger partial charge >= 0.3 is 0 Å². The van der Waals surface area contributed by atoms with E-state index in [-0.39, 0.29) is 10.8 Å². The summed E-state index contributed by atoms with van der Waals surface area (Å²) in [7, 11) is -0.862. The fourth-order valence-electron chi connectivity index (χ4n) is 2.53. The van der Waals surface area contributed by atoms with Gasteiger partial charge in [-0.25, -0.2) is 17.5 Å². The predicted octanol–water partition coefficient (Wildman–Crippen LogP) is 2.82. The maximum atomic E-state index is 12.9. The number of carbonyl (C=O) groups is 1. The number of benzene rings is 2. The van der Waals surface area contributed by atoms with Crippen LogP contribution in [0.4, 0.5) is 0 Å². The van der Waals surface area contributed by atoms with E-state index in [9.17, 15) is 13.2 Å². The van der Waals surface area contributed by atoms with Crippen molar-refractivity contribution in [3.05, 3.63) is 65.9 Å². The first-order valence-electron chi connectivity index (χ1n) is 7.60. The lowest BCUT2D eigenvalue weighted by molar-refractivity contribution is -0.0756. The first-order valence-corrected chi connectivity index (χ1v) is 9.04. The summed E-state index contributed by atoms with van der Waals surface area (Å²) in [6.45, 7) is 1.89. The zero-order valence-corrected chi connectivity index (χ0v) is 14.9. The third-order valence-electron chi connectivity index (χ3n) is 4.04. The van der Waals surface area contributed by atoms with Crippen LogP contribution >= 0.6 is 0 Å². The van der Waals surface area contributed by atoms with Crippen molar-refractivity contribution < 1.29 is 18.0 Å². The molecule has 0 aliphatic heterocycles. The van der Waals surface area contributed by atoms with Crippen LogP contribution in [-0.2, 0) is 14.9 Å². The third kappa shape index (κ3) is 3.04. The third-order valence-corrected chi connectivity index (χ3v) is 5.75. The van der Waals surface area contributed by atoms with Crippen LogP contribution in [0.25, 0.3) is 10.9 Å². The minimum atomic E-state index is -3.75. The van der Waals surface area contributed by atoms with Crippen LogP contribution in [0.1, 0.15) is 15.9 Å². The normalized spacial score (nSPS) is 11.6. The second-order valence-electron chi connectivity index (χ2n) is 5.69. The quantitative estimate of drug-likeness (QED) is 0.673. The average Bonchev–Trinajstić information content (AvgIpc) is 3.04. The first kappa shape index (κ1) is 17.2. The van der Waals surface area contributed by atoms with Crippen LogP contribution in [0.2, 0.25) is 0 Å². The van der Waals surface area contributed by atoms with Gasteiger partial charge in [0.15, 0.2) is 0 Å². The van der Waals surface area contributed by atoms with E-state index in [1.807, 2.05) is 6.92 Å². The predicted molar refractivity (Wildman–Crippen MR) is 94.8 cm³/mol. The molecule has 0 spiro atoms. The number of aryl methyl sites for hydroxylation is 1. The minimum absolute atomic E-state index is 0.196. The van der Waals surface area contributed by atoms with Crippen molar-refractivity contribution in [2.24, 2.45) is 0 Å². The van der Waals surface area contributed by atoms with Crippen molar-refractivity contribution in [1.82, 2.24) is 9.04 Å². The SMILES string of the molecule is CON(C)C(=O)c1ccc2ccn(S(=O)(=O)c3ccc(C)cc3)c2c1. The number of amides is 1. The van der Waals surface area contributed by atoms with Gasteiger partial charge in [-0.05, 0) is 37.3 Å². The van der Waals surface area contributed by atoms with Gasteiger partial charge in [0.2, 0.25) is 0 Å². The number of fused-ring (bicyclic) bond motifs is 1.